The molecule has 0 unspecified atom stereocenters. The Hall–Kier alpha value is -5.63. The number of H-pyrrole nitrogens is 1. The summed E-state index contributed by atoms with van der Waals surface area (Å²) in [4.78, 5) is 3.67. The second kappa shape index (κ2) is 10.5. The van der Waals surface area contributed by atoms with E-state index in [1.807, 2.05) is 60.7 Å². The molecular weight excluding hydrogens is 579 g/mol. The molecule has 2 aromatic heterocycles. The zero-order valence-electron chi connectivity index (χ0n) is 25.0. The molecule has 0 bridgehead atoms. The van der Waals surface area contributed by atoms with Crippen LogP contribution >= 0.6 is 7.14 Å². The molecular formula is C42H29N2OP. The first-order valence-electron chi connectivity index (χ1n) is 15.6. The summed E-state index contributed by atoms with van der Waals surface area (Å²) in [6.45, 7) is 0. The van der Waals surface area contributed by atoms with Crippen molar-refractivity contribution in [3.05, 3.63) is 170 Å². The average molecular weight is 609 g/mol. The van der Waals surface area contributed by atoms with E-state index in [-0.39, 0.29) is 0 Å². The van der Waals surface area contributed by atoms with Crippen molar-refractivity contribution in [2.24, 2.45) is 0 Å². The number of rotatable bonds is 5. The fraction of sp³-hybridized carbons (Fsp3) is 0. The molecule has 0 saturated heterocycles. The lowest BCUT2D eigenvalue weighted by Crippen LogP contribution is -2.24. The van der Waals surface area contributed by atoms with Crippen molar-refractivity contribution < 1.29 is 4.57 Å². The van der Waals surface area contributed by atoms with Crippen LogP contribution in [0.4, 0.5) is 0 Å². The van der Waals surface area contributed by atoms with E-state index >= 15 is 4.57 Å². The maximum absolute atomic E-state index is 15.2. The molecule has 3 nitrogen and oxygen atoms in total. The van der Waals surface area contributed by atoms with E-state index in [0.717, 1.165) is 60.0 Å². The number of nitrogens with zero attached hydrogens (tertiary/aromatic N) is 1. The Bertz CT molecular complexity index is 2570. The highest BCUT2D eigenvalue weighted by Gasteiger charge is 2.30. The van der Waals surface area contributed by atoms with Gasteiger partial charge in [0.1, 0.15) is 0 Å². The summed E-state index contributed by atoms with van der Waals surface area (Å²) in [5, 5.41) is 7.19. The molecule has 0 aliphatic heterocycles. The summed E-state index contributed by atoms with van der Waals surface area (Å²) >= 11 is 0. The number of benzene rings is 7. The van der Waals surface area contributed by atoms with Gasteiger partial charge in [0.15, 0.2) is 7.14 Å². The molecule has 0 aliphatic carbocycles. The molecule has 46 heavy (non-hydrogen) atoms. The monoisotopic (exact) mass is 608 g/mol. The Kier molecular flexibility index (Phi) is 6.09. The van der Waals surface area contributed by atoms with Crippen LogP contribution in [-0.4, -0.2) is 9.55 Å². The summed E-state index contributed by atoms with van der Waals surface area (Å²) in [5.74, 6) is 0. The largest absolute Gasteiger partial charge is 0.354 e. The number of hydrogen-bond acceptors (Lipinski definition) is 1. The van der Waals surface area contributed by atoms with Gasteiger partial charge in [0.05, 0.1) is 16.6 Å². The molecule has 2 heterocycles. The van der Waals surface area contributed by atoms with Gasteiger partial charge in [-0.2, -0.15) is 0 Å². The second-order valence-corrected chi connectivity index (χ2v) is 14.6. The minimum absolute atomic E-state index is 0.833. The minimum Gasteiger partial charge on any atom is -0.354 e. The Balaban J connectivity index is 1.25. The standard InChI is InChI=1S/C42H29N2OP/c45-46(31-15-3-1-4-16-31,32-17-5-2-6-18-32)33-25-26-41-38(28-33)36-20-8-10-24-40(36)44(41)30-14-11-13-29(27-30)34-21-12-22-37-35-19-7-9-23-39(35)43-42(34)37/h1-28,43H. The van der Waals surface area contributed by atoms with Crippen LogP contribution in [0.2, 0.25) is 0 Å². The predicted octanol–water partition coefficient (Wildman–Crippen LogP) is 9.72. The lowest BCUT2D eigenvalue weighted by Gasteiger charge is -2.20. The molecule has 1 N–H and O–H groups in total. The summed E-state index contributed by atoms with van der Waals surface area (Å²) in [6, 6.07) is 58.4. The highest BCUT2D eigenvalue weighted by molar-refractivity contribution is 7.85. The first-order chi connectivity index (χ1) is 22.7. The second-order valence-electron chi connectivity index (χ2n) is 11.8. The number of nitrogens with one attached hydrogen (secondary N) is 1. The Morgan fingerprint density at radius 3 is 1.87 bits per heavy atom. The molecule has 0 fully saturated rings. The number of fused-ring (bicyclic) bond motifs is 6. The van der Waals surface area contributed by atoms with E-state index in [1.165, 1.54) is 16.3 Å². The van der Waals surface area contributed by atoms with Crippen LogP contribution < -0.4 is 15.9 Å². The third-order valence-corrected chi connectivity index (χ3v) is 12.3. The van der Waals surface area contributed by atoms with E-state index in [2.05, 4.69) is 119 Å². The maximum atomic E-state index is 15.2. The van der Waals surface area contributed by atoms with Gasteiger partial charge in [-0.3, -0.25) is 0 Å². The summed E-state index contributed by atoms with van der Waals surface area (Å²) in [5.41, 5.74) is 7.88. The molecule has 0 radical (unpaired) electrons. The third kappa shape index (κ3) is 4.03. The average Bonchev–Trinajstić information content (AvgIpc) is 3.68. The lowest BCUT2D eigenvalue weighted by atomic mass is 10.0. The van der Waals surface area contributed by atoms with Crippen LogP contribution in [0.15, 0.2) is 170 Å². The quantitative estimate of drug-likeness (QED) is 0.194. The first kappa shape index (κ1) is 26.7. The highest BCUT2D eigenvalue weighted by atomic mass is 31.2. The highest BCUT2D eigenvalue weighted by Crippen LogP contribution is 2.44. The SMILES string of the molecule is O=P(c1ccccc1)(c1ccccc1)c1ccc2c(c1)c1ccccc1n2-c1cccc(-c2cccc3c2[nH]c2ccccc23)c1. The zero-order chi connectivity index (χ0) is 30.7. The van der Waals surface area contributed by atoms with Crippen molar-refractivity contribution in [2.45, 2.75) is 0 Å². The molecule has 7 aromatic carbocycles. The van der Waals surface area contributed by atoms with Gasteiger partial charge in [-0.25, -0.2) is 0 Å². The molecule has 0 spiro atoms. The number of aromatic nitrogens is 2. The van der Waals surface area contributed by atoms with Gasteiger partial charge >= 0.3 is 0 Å². The summed E-state index contributed by atoms with van der Waals surface area (Å²) in [7, 11) is -3.12. The van der Waals surface area contributed by atoms with Crippen molar-refractivity contribution in [1.29, 1.82) is 0 Å². The van der Waals surface area contributed by atoms with Crippen molar-refractivity contribution >= 4 is 66.7 Å². The zero-order valence-corrected chi connectivity index (χ0v) is 25.9. The number of para-hydroxylation sites is 3. The summed E-state index contributed by atoms with van der Waals surface area (Å²) in [6.07, 6.45) is 0. The normalized spacial score (nSPS) is 12.0. The predicted molar refractivity (Wildman–Crippen MR) is 195 cm³/mol. The van der Waals surface area contributed by atoms with Crippen LogP contribution in [0.5, 0.6) is 0 Å². The van der Waals surface area contributed by atoms with Gasteiger partial charge in [0, 0.05) is 54.2 Å². The van der Waals surface area contributed by atoms with Gasteiger partial charge < -0.3 is 14.1 Å². The maximum Gasteiger partial charge on any atom is 0.171 e. The van der Waals surface area contributed by atoms with E-state index in [1.54, 1.807) is 0 Å². The van der Waals surface area contributed by atoms with E-state index < -0.39 is 7.14 Å². The van der Waals surface area contributed by atoms with Crippen molar-refractivity contribution in [1.82, 2.24) is 9.55 Å². The van der Waals surface area contributed by atoms with Gasteiger partial charge in [0.25, 0.3) is 0 Å². The minimum atomic E-state index is -3.12. The summed E-state index contributed by atoms with van der Waals surface area (Å²) < 4.78 is 17.6. The third-order valence-electron chi connectivity index (χ3n) is 9.22. The smallest absolute Gasteiger partial charge is 0.171 e. The molecule has 218 valence electrons. The lowest BCUT2D eigenvalue weighted by molar-refractivity contribution is 0.592. The van der Waals surface area contributed by atoms with E-state index in [0.29, 0.717) is 0 Å². The number of aromatic amines is 1. The van der Waals surface area contributed by atoms with Crippen LogP contribution in [0, 0.1) is 0 Å². The van der Waals surface area contributed by atoms with Crippen molar-refractivity contribution in [3.8, 4) is 16.8 Å². The molecule has 0 saturated carbocycles. The van der Waals surface area contributed by atoms with Crippen LogP contribution in [0.25, 0.3) is 60.4 Å². The van der Waals surface area contributed by atoms with Crippen molar-refractivity contribution in [2.75, 3.05) is 0 Å². The van der Waals surface area contributed by atoms with Gasteiger partial charge in [-0.05, 0) is 48.0 Å². The molecule has 4 heteroatoms. The fourth-order valence-electron chi connectivity index (χ4n) is 7.08. The number of hydrogen-bond donors (Lipinski definition) is 1. The van der Waals surface area contributed by atoms with Crippen LogP contribution in [-0.2, 0) is 4.57 Å². The Labute approximate surface area is 266 Å². The Morgan fingerprint density at radius 2 is 1.09 bits per heavy atom. The van der Waals surface area contributed by atoms with Gasteiger partial charge in [0.2, 0.25) is 0 Å². The van der Waals surface area contributed by atoms with E-state index in [9.17, 15) is 0 Å². The first-order valence-corrected chi connectivity index (χ1v) is 17.3. The Morgan fingerprint density at radius 1 is 0.457 bits per heavy atom. The topological polar surface area (TPSA) is 37.8 Å². The molecule has 0 atom stereocenters. The van der Waals surface area contributed by atoms with Crippen molar-refractivity contribution in [3.63, 3.8) is 0 Å². The van der Waals surface area contributed by atoms with E-state index in [4.69, 9.17) is 0 Å². The van der Waals surface area contributed by atoms with Crippen LogP contribution in [0.1, 0.15) is 0 Å². The molecule has 0 amide bonds. The van der Waals surface area contributed by atoms with Gasteiger partial charge in [-0.15, -0.1) is 0 Å². The molecule has 9 rings (SSSR count). The fourth-order valence-corrected chi connectivity index (χ4v) is 9.76. The van der Waals surface area contributed by atoms with Gasteiger partial charge in [-0.1, -0.05) is 127 Å². The molecule has 9 aromatic rings. The molecule has 0 aliphatic rings. The van der Waals surface area contributed by atoms with Crippen LogP contribution in [0.3, 0.4) is 0 Å².